The highest BCUT2D eigenvalue weighted by atomic mass is 16.5. The molecule has 1 aromatic carbocycles. The first-order valence-electron chi connectivity index (χ1n) is 6.08. The Morgan fingerprint density at radius 3 is 2.83 bits per heavy atom. The van der Waals surface area contributed by atoms with Crippen LogP contribution in [0.1, 0.15) is 34.2 Å². The lowest BCUT2D eigenvalue weighted by Crippen LogP contribution is -2.21. The van der Waals surface area contributed by atoms with E-state index in [1.54, 1.807) is 6.07 Å². The predicted octanol–water partition coefficient (Wildman–Crippen LogP) is 3.34. The van der Waals surface area contributed by atoms with Gasteiger partial charge in [-0.3, -0.25) is 4.79 Å². The molecular formula is C15H14O3. The van der Waals surface area contributed by atoms with E-state index >= 15 is 0 Å². The maximum atomic E-state index is 12.4. The van der Waals surface area contributed by atoms with Crippen molar-refractivity contribution in [3.8, 4) is 5.75 Å². The second kappa shape index (κ2) is 4.33. The fourth-order valence-electron chi connectivity index (χ4n) is 2.35. The van der Waals surface area contributed by atoms with E-state index in [-0.39, 0.29) is 11.7 Å². The molecule has 92 valence electrons. The molecular weight excluding hydrogens is 228 g/mol. The summed E-state index contributed by atoms with van der Waals surface area (Å²) in [6, 6.07) is 11.3. The molecule has 3 nitrogen and oxygen atoms in total. The number of hydrogen-bond acceptors (Lipinski definition) is 3. The molecule has 2 heterocycles. The van der Waals surface area contributed by atoms with Crippen molar-refractivity contribution < 1.29 is 13.9 Å². The molecule has 0 saturated heterocycles. The number of carbonyl (C=O) groups is 1. The number of benzene rings is 1. The van der Waals surface area contributed by atoms with Gasteiger partial charge in [-0.25, -0.2) is 0 Å². The van der Waals surface area contributed by atoms with Gasteiger partial charge in [-0.1, -0.05) is 18.2 Å². The Morgan fingerprint density at radius 2 is 2.06 bits per heavy atom. The monoisotopic (exact) mass is 242 g/mol. The Bertz CT molecular complexity index is 583. The number of fused-ring (bicyclic) bond motifs is 1. The van der Waals surface area contributed by atoms with Crippen LogP contribution >= 0.6 is 0 Å². The number of ether oxygens (including phenoxy) is 1. The summed E-state index contributed by atoms with van der Waals surface area (Å²) in [6.07, 6.45) is 0.704. The molecule has 1 aromatic heterocycles. The molecule has 0 fully saturated rings. The van der Waals surface area contributed by atoms with Gasteiger partial charge in [0.2, 0.25) is 5.78 Å². The van der Waals surface area contributed by atoms with E-state index in [4.69, 9.17) is 9.15 Å². The average Bonchev–Trinajstić information content (AvgIpc) is 2.84. The number of carbonyl (C=O) groups excluding carboxylic acids is 1. The highest BCUT2D eigenvalue weighted by Crippen LogP contribution is 2.35. The van der Waals surface area contributed by atoms with Crippen LogP contribution in [-0.4, -0.2) is 12.4 Å². The molecule has 0 N–H and O–H groups in total. The molecule has 3 rings (SSSR count). The number of para-hydroxylation sites is 1. The van der Waals surface area contributed by atoms with Gasteiger partial charge in [0.15, 0.2) is 5.76 Å². The van der Waals surface area contributed by atoms with Gasteiger partial charge in [0.05, 0.1) is 12.5 Å². The third-order valence-electron chi connectivity index (χ3n) is 3.26. The quantitative estimate of drug-likeness (QED) is 0.758. The molecule has 0 spiro atoms. The maximum absolute atomic E-state index is 12.4. The van der Waals surface area contributed by atoms with Crippen molar-refractivity contribution in [1.29, 1.82) is 0 Å². The molecule has 1 unspecified atom stereocenters. The highest BCUT2D eigenvalue weighted by molar-refractivity contribution is 5.99. The second-order valence-electron chi connectivity index (χ2n) is 4.50. The molecule has 0 saturated carbocycles. The van der Waals surface area contributed by atoms with Crippen molar-refractivity contribution in [2.45, 2.75) is 19.3 Å². The summed E-state index contributed by atoms with van der Waals surface area (Å²) >= 11 is 0. The average molecular weight is 242 g/mol. The molecule has 1 aliphatic rings. The van der Waals surface area contributed by atoms with Crippen molar-refractivity contribution in [3.05, 3.63) is 53.5 Å². The topological polar surface area (TPSA) is 39.4 Å². The molecule has 3 heteroatoms. The number of furan rings is 1. The third-order valence-corrected chi connectivity index (χ3v) is 3.26. The largest absolute Gasteiger partial charge is 0.493 e. The standard InChI is InChI=1S/C15H14O3/c1-10-6-7-14(18-10)15(16)12-8-9-17-13-5-3-2-4-11(12)13/h2-7,12H,8-9H2,1H3. The Balaban J connectivity index is 1.96. The third kappa shape index (κ3) is 1.82. The van der Waals surface area contributed by atoms with Crippen LogP contribution in [0.15, 0.2) is 40.8 Å². The van der Waals surface area contributed by atoms with Crippen LogP contribution in [0.5, 0.6) is 5.75 Å². The van der Waals surface area contributed by atoms with Gasteiger partial charge in [0, 0.05) is 5.56 Å². The summed E-state index contributed by atoms with van der Waals surface area (Å²) in [6.45, 7) is 2.42. The summed E-state index contributed by atoms with van der Waals surface area (Å²) < 4.78 is 11.0. The van der Waals surface area contributed by atoms with Crippen molar-refractivity contribution in [2.24, 2.45) is 0 Å². The molecule has 2 aromatic rings. The van der Waals surface area contributed by atoms with Crippen LogP contribution in [0.25, 0.3) is 0 Å². The fraction of sp³-hybridized carbons (Fsp3) is 0.267. The normalized spacial score (nSPS) is 17.9. The van der Waals surface area contributed by atoms with Gasteiger partial charge >= 0.3 is 0 Å². The van der Waals surface area contributed by atoms with E-state index < -0.39 is 0 Å². The number of ketones is 1. The lowest BCUT2D eigenvalue weighted by atomic mass is 9.88. The Hall–Kier alpha value is -2.03. The minimum atomic E-state index is -0.152. The molecule has 0 bridgehead atoms. The Labute approximate surface area is 105 Å². The van der Waals surface area contributed by atoms with Gasteiger partial charge < -0.3 is 9.15 Å². The minimum Gasteiger partial charge on any atom is -0.493 e. The van der Waals surface area contributed by atoms with Crippen molar-refractivity contribution in [3.63, 3.8) is 0 Å². The first-order chi connectivity index (χ1) is 8.75. The zero-order chi connectivity index (χ0) is 12.5. The van der Waals surface area contributed by atoms with Gasteiger partial charge in [-0.05, 0) is 31.5 Å². The fourth-order valence-corrected chi connectivity index (χ4v) is 2.35. The number of hydrogen-bond donors (Lipinski definition) is 0. The lowest BCUT2D eigenvalue weighted by molar-refractivity contribution is 0.0904. The van der Waals surface area contributed by atoms with E-state index in [0.29, 0.717) is 18.8 Å². The molecule has 0 aliphatic carbocycles. The molecule has 18 heavy (non-hydrogen) atoms. The van der Waals surface area contributed by atoms with Crippen LogP contribution in [0.3, 0.4) is 0 Å². The van der Waals surface area contributed by atoms with E-state index in [1.807, 2.05) is 37.3 Å². The molecule has 0 amide bonds. The van der Waals surface area contributed by atoms with E-state index in [1.165, 1.54) is 0 Å². The smallest absolute Gasteiger partial charge is 0.205 e. The van der Waals surface area contributed by atoms with Crippen molar-refractivity contribution in [1.82, 2.24) is 0 Å². The molecule has 0 radical (unpaired) electrons. The van der Waals surface area contributed by atoms with E-state index in [0.717, 1.165) is 17.1 Å². The van der Waals surface area contributed by atoms with Gasteiger partial charge in [-0.2, -0.15) is 0 Å². The van der Waals surface area contributed by atoms with E-state index in [2.05, 4.69) is 0 Å². The van der Waals surface area contributed by atoms with Crippen LogP contribution in [0.4, 0.5) is 0 Å². The lowest BCUT2D eigenvalue weighted by Gasteiger charge is -2.24. The zero-order valence-electron chi connectivity index (χ0n) is 10.2. The van der Waals surface area contributed by atoms with Gasteiger partial charge in [0.25, 0.3) is 0 Å². The van der Waals surface area contributed by atoms with Crippen molar-refractivity contribution in [2.75, 3.05) is 6.61 Å². The predicted molar refractivity (Wildman–Crippen MR) is 67.1 cm³/mol. The van der Waals surface area contributed by atoms with Crippen LogP contribution in [0.2, 0.25) is 0 Å². The Morgan fingerprint density at radius 1 is 1.22 bits per heavy atom. The van der Waals surface area contributed by atoms with Crippen LogP contribution in [-0.2, 0) is 0 Å². The summed E-state index contributed by atoms with van der Waals surface area (Å²) in [5.74, 6) is 1.90. The summed E-state index contributed by atoms with van der Waals surface area (Å²) in [5, 5.41) is 0. The highest BCUT2D eigenvalue weighted by Gasteiger charge is 2.29. The van der Waals surface area contributed by atoms with Gasteiger partial charge in [0.1, 0.15) is 11.5 Å². The first-order valence-corrected chi connectivity index (χ1v) is 6.08. The van der Waals surface area contributed by atoms with Gasteiger partial charge in [-0.15, -0.1) is 0 Å². The zero-order valence-corrected chi connectivity index (χ0v) is 10.2. The molecule has 1 atom stereocenters. The maximum Gasteiger partial charge on any atom is 0.205 e. The molecule has 1 aliphatic heterocycles. The van der Waals surface area contributed by atoms with Crippen LogP contribution in [0, 0.1) is 6.92 Å². The number of aryl methyl sites for hydroxylation is 1. The number of rotatable bonds is 2. The van der Waals surface area contributed by atoms with Crippen molar-refractivity contribution >= 4 is 5.78 Å². The van der Waals surface area contributed by atoms with Crippen LogP contribution < -0.4 is 4.74 Å². The summed E-state index contributed by atoms with van der Waals surface area (Å²) in [5.41, 5.74) is 0.961. The number of Topliss-reactive ketones (excluding diaryl/α,β-unsaturated/α-hetero) is 1. The Kier molecular flexibility index (Phi) is 2.67. The minimum absolute atomic E-state index is 0.0406. The second-order valence-corrected chi connectivity index (χ2v) is 4.50. The first kappa shape index (κ1) is 11.1. The summed E-state index contributed by atoms with van der Waals surface area (Å²) in [4.78, 5) is 12.4. The summed E-state index contributed by atoms with van der Waals surface area (Å²) in [7, 11) is 0. The van der Waals surface area contributed by atoms with E-state index in [9.17, 15) is 4.79 Å². The SMILES string of the molecule is Cc1ccc(C(=O)C2CCOc3ccccc32)o1.